The number of hydrogen-bond acceptors (Lipinski definition) is 8. The summed E-state index contributed by atoms with van der Waals surface area (Å²) in [6.07, 6.45) is 1.40. The minimum atomic E-state index is -2.29. The maximum absolute atomic E-state index is 13.1. The summed E-state index contributed by atoms with van der Waals surface area (Å²) in [4.78, 5) is 15.9. The molecule has 9 nitrogen and oxygen atoms in total. The summed E-state index contributed by atoms with van der Waals surface area (Å²) in [5.74, 6) is -3.53. The molecular weight excluding hydrogens is 430 g/mol. The lowest BCUT2D eigenvalue weighted by Crippen LogP contribution is -2.73. The van der Waals surface area contributed by atoms with Crippen LogP contribution < -0.4 is 0 Å². The zero-order valence-electron chi connectivity index (χ0n) is 19.4. The molecular formula is C24H33NO8. The number of H-pyrrole nitrogens is 1. The lowest BCUT2D eigenvalue weighted by Gasteiger charge is -2.59. The van der Waals surface area contributed by atoms with Crippen LogP contribution in [0.3, 0.4) is 0 Å². The normalized spacial score (nSPS) is 58.2. The van der Waals surface area contributed by atoms with Gasteiger partial charge in [0.1, 0.15) is 33.7 Å². The summed E-state index contributed by atoms with van der Waals surface area (Å²) in [5.41, 5.74) is -13.3. The van der Waals surface area contributed by atoms with Crippen LogP contribution in [-0.2, 0) is 9.47 Å². The molecule has 2 aliphatic heterocycles. The number of ether oxygens (including phenoxy) is 2. The zero-order chi connectivity index (χ0) is 24.1. The standard InChI is InChI=1S/C24H33NO8/c1-13(2)22(29)16(32-15(26)14-8-7-11-25-14)23(30)17(3)12-21(28)18(22,4)24(23,31)20(33-21)10-6-5-9-19(17,20)27/h7-8,11,13,16,25,27-31H,5-6,9-10,12H2,1-4H3/t16-,17+,18+,19+,20-,21+,22-,23-,24+/m1/s1. The van der Waals surface area contributed by atoms with Crippen LogP contribution in [-0.4, -0.2) is 76.4 Å². The lowest BCUT2D eigenvalue weighted by atomic mass is 9.52. The summed E-state index contributed by atoms with van der Waals surface area (Å²) >= 11 is 0. The highest BCUT2D eigenvalue weighted by atomic mass is 16.7. The number of esters is 1. The highest BCUT2D eigenvalue weighted by Crippen LogP contribution is 2.90. The molecule has 182 valence electrons. The number of carbonyl (C=O) groups excluding carboxylic acids is 1. The molecule has 1 aromatic heterocycles. The van der Waals surface area contributed by atoms with E-state index in [0.717, 1.165) is 0 Å². The average molecular weight is 464 g/mol. The van der Waals surface area contributed by atoms with Crippen LogP contribution in [0.25, 0.3) is 0 Å². The molecule has 4 aliphatic carbocycles. The van der Waals surface area contributed by atoms with Crippen molar-refractivity contribution in [2.75, 3.05) is 0 Å². The van der Waals surface area contributed by atoms with E-state index >= 15 is 0 Å². The van der Waals surface area contributed by atoms with Gasteiger partial charge in [-0.3, -0.25) is 0 Å². The van der Waals surface area contributed by atoms with Crippen molar-refractivity contribution < 1.29 is 39.8 Å². The topological polar surface area (TPSA) is 152 Å². The van der Waals surface area contributed by atoms with E-state index in [1.54, 1.807) is 33.0 Å². The van der Waals surface area contributed by atoms with Gasteiger partial charge < -0.3 is 40.0 Å². The molecule has 3 heterocycles. The van der Waals surface area contributed by atoms with E-state index in [2.05, 4.69) is 4.98 Å². The minimum Gasteiger partial charge on any atom is -0.451 e. The molecule has 6 N–H and O–H groups in total. The largest absolute Gasteiger partial charge is 0.451 e. The first-order valence-electron chi connectivity index (χ1n) is 11.8. The number of rotatable bonds is 3. The van der Waals surface area contributed by atoms with E-state index < -0.39 is 62.6 Å². The van der Waals surface area contributed by atoms with Gasteiger partial charge in [-0.1, -0.05) is 33.6 Å². The molecule has 9 heteroatoms. The van der Waals surface area contributed by atoms with Crippen molar-refractivity contribution in [2.45, 2.75) is 99.7 Å². The highest BCUT2D eigenvalue weighted by molar-refractivity contribution is 5.87. The molecule has 1 spiro atoms. The molecule has 0 aromatic carbocycles. The summed E-state index contributed by atoms with van der Waals surface area (Å²) < 4.78 is 12.1. The van der Waals surface area contributed by atoms with Crippen LogP contribution in [0.5, 0.6) is 0 Å². The molecule has 9 atom stereocenters. The van der Waals surface area contributed by atoms with Crippen molar-refractivity contribution in [3.05, 3.63) is 24.0 Å². The van der Waals surface area contributed by atoms with E-state index in [1.165, 1.54) is 13.0 Å². The first-order chi connectivity index (χ1) is 15.2. The third kappa shape index (κ3) is 1.60. The van der Waals surface area contributed by atoms with Crippen molar-refractivity contribution in [2.24, 2.45) is 16.7 Å². The zero-order valence-corrected chi connectivity index (χ0v) is 19.4. The fourth-order valence-electron chi connectivity index (χ4n) is 9.37. The van der Waals surface area contributed by atoms with Gasteiger partial charge in [0.25, 0.3) is 0 Å². The van der Waals surface area contributed by atoms with Gasteiger partial charge in [-0.15, -0.1) is 0 Å². The van der Waals surface area contributed by atoms with E-state index in [1.807, 2.05) is 0 Å². The van der Waals surface area contributed by atoms with E-state index in [4.69, 9.17) is 9.47 Å². The predicted molar refractivity (Wildman–Crippen MR) is 113 cm³/mol. The minimum absolute atomic E-state index is 0.121. The highest BCUT2D eigenvalue weighted by Gasteiger charge is 3.08. The smallest absolute Gasteiger partial charge is 0.355 e. The first-order valence-corrected chi connectivity index (χ1v) is 11.8. The Labute approximate surface area is 191 Å². The van der Waals surface area contributed by atoms with Gasteiger partial charge >= 0.3 is 5.97 Å². The fraction of sp³-hybridized carbons (Fsp3) is 0.792. The Balaban J connectivity index is 1.67. The molecule has 2 saturated heterocycles. The Bertz CT molecular complexity index is 1060. The van der Waals surface area contributed by atoms with Crippen molar-refractivity contribution >= 4 is 5.97 Å². The second kappa shape index (κ2) is 5.50. The number of aromatic nitrogens is 1. The Hall–Kier alpha value is -1.49. The number of carbonyl (C=O) groups is 1. The van der Waals surface area contributed by atoms with Crippen LogP contribution in [0.4, 0.5) is 0 Å². The van der Waals surface area contributed by atoms with Crippen molar-refractivity contribution in [1.82, 2.24) is 4.98 Å². The number of hydrogen-bond donors (Lipinski definition) is 6. The number of aliphatic hydroxyl groups is 5. The summed E-state index contributed by atoms with van der Waals surface area (Å²) in [6.45, 7) is 6.49. The molecule has 1 aromatic rings. The van der Waals surface area contributed by atoms with Crippen LogP contribution in [0.1, 0.15) is 70.3 Å². The lowest BCUT2D eigenvalue weighted by molar-refractivity contribution is -0.376. The van der Waals surface area contributed by atoms with Gasteiger partial charge in [0.05, 0.1) is 5.41 Å². The quantitative estimate of drug-likeness (QED) is 0.356. The van der Waals surface area contributed by atoms with Gasteiger partial charge in [-0.25, -0.2) is 4.79 Å². The molecule has 0 amide bonds. The van der Waals surface area contributed by atoms with Gasteiger partial charge in [-0.05, 0) is 37.8 Å². The third-order valence-corrected chi connectivity index (χ3v) is 10.8. The van der Waals surface area contributed by atoms with Gasteiger partial charge in [-0.2, -0.15) is 0 Å². The SMILES string of the molecule is CC(C)[C@@]1(O)[C@@H](OC(=O)c2ccc[nH]2)[C@@]2(O)[C@@]3(C)C[C@]4(O)O[C@@]5(CCCC[C@]35O)[C@@]2(O)[C@]14C. The fourth-order valence-corrected chi connectivity index (χ4v) is 9.37. The summed E-state index contributed by atoms with van der Waals surface area (Å²) in [7, 11) is 0. The van der Waals surface area contributed by atoms with Crippen LogP contribution in [0.15, 0.2) is 18.3 Å². The second-order valence-corrected chi connectivity index (χ2v) is 11.7. The molecule has 6 aliphatic rings. The monoisotopic (exact) mass is 463 g/mol. The summed E-state index contributed by atoms with van der Waals surface area (Å²) in [5, 5.41) is 61.9. The van der Waals surface area contributed by atoms with Crippen LogP contribution >= 0.6 is 0 Å². The number of aromatic amines is 1. The maximum Gasteiger partial charge on any atom is 0.355 e. The van der Waals surface area contributed by atoms with E-state index in [-0.39, 0.29) is 25.0 Å². The Morgan fingerprint density at radius 1 is 1.15 bits per heavy atom. The Morgan fingerprint density at radius 3 is 2.42 bits per heavy atom. The molecule has 6 fully saturated rings. The Kier molecular flexibility index (Phi) is 3.67. The molecule has 33 heavy (non-hydrogen) atoms. The van der Waals surface area contributed by atoms with Crippen molar-refractivity contribution in [3.63, 3.8) is 0 Å². The third-order valence-electron chi connectivity index (χ3n) is 10.8. The molecule has 0 radical (unpaired) electrons. The molecule has 7 rings (SSSR count). The van der Waals surface area contributed by atoms with Crippen LogP contribution in [0, 0.1) is 16.7 Å². The number of nitrogens with one attached hydrogen (secondary N) is 1. The van der Waals surface area contributed by atoms with Crippen molar-refractivity contribution in [3.8, 4) is 0 Å². The van der Waals surface area contributed by atoms with Crippen molar-refractivity contribution in [1.29, 1.82) is 0 Å². The van der Waals surface area contributed by atoms with Gasteiger partial charge in [0, 0.05) is 18.0 Å². The second-order valence-electron chi connectivity index (χ2n) is 11.7. The predicted octanol–water partition coefficient (Wildman–Crippen LogP) is 0.596. The van der Waals surface area contributed by atoms with Gasteiger partial charge in [0.2, 0.25) is 0 Å². The van der Waals surface area contributed by atoms with Crippen LogP contribution in [0.2, 0.25) is 0 Å². The van der Waals surface area contributed by atoms with E-state index in [0.29, 0.717) is 12.8 Å². The first kappa shape index (κ1) is 22.0. The van der Waals surface area contributed by atoms with E-state index in [9.17, 15) is 30.3 Å². The molecule has 0 unspecified atom stereocenters. The Morgan fingerprint density at radius 2 is 1.82 bits per heavy atom. The molecule has 4 saturated carbocycles. The van der Waals surface area contributed by atoms with Gasteiger partial charge in [0.15, 0.2) is 11.9 Å². The molecule has 6 bridgehead atoms. The average Bonchev–Trinajstić information content (AvgIpc) is 3.36. The maximum atomic E-state index is 13.1. The summed E-state index contributed by atoms with van der Waals surface area (Å²) in [6, 6.07) is 3.13.